The molecule has 0 aromatic rings. The number of carboxylic acid groups (broad SMARTS) is 1. The Morgan fingerprint density at radius 1 is 1.48 bits per heavy atom. The molecule has 0 spiro atoms. The fraction of sp³-hybridized carbons (Fsp3) is 0.833. The summed E-state index contributed by atoms with van der Waals surface area (Å²) in [6, 6.07) is -0.776. The number of hydrogen-bond acceptors (Lipinski definition) is 3. The number of carbonyl (C=O) groups is 2. The number of alkyl halides is 3. The van der Waals surface area contributed by atoms with Crippen molar-refractivity contribution in [1.82, 2.24) is 10.2 Å². The maximum absolute atomic E-state index is 13.0. The smallest absolute Gasteiger partial charge is 0.406 e. The van der Waals surface area contributed by atoms with Crippen molar-refractivity contribution in [2.45, 2.75) is 32.0 Å². The monoisotopic (exact) mass is 328 g/mol. The molecule has 2 amide bonds. The molecule has 1 aliphatic heterocycles. The molecule has 0 aliphatic carbocycles. The van der Waals surface area contributed by atoms with Crippen molar-refractivity contribution >= 4 is 23.8 Å². The first-order valence-electron chi connectivity index (χ1n) is 6.52. The first kappa shape index (κ1) is 17.9. The Morgan fingerprint density at radius 2 is 2.10 bits per heavy atom. The molecule has 9 heteroatoms. The predicted octanol–water partition coefficient (Wildman–Crippen LogP) is 2.18. The molecular weight excluding hydrogens is 309 g/mol. The Hall–Kier alpha value is -1.12. The summed E-state index contributed by atoms with van der Waals surface area (Å²) in [5.74, 6) is -1.28. The summed E-state index contributed by atoms with van der Waals surface area (Å²) in [5.41, 5.74) is -2.86. The highest BCUT2D eigenvalue weighted by Crippen LogP contribution is 2.45. The van der Waals surface area contributed by atoms with E-state index in [4.69, 9.17) is 5.11 Å². The van der Waals surface area contributed by atoms with Crippen molar-refractivity contribution in [3.8, 4) is 0 Å². The second-order valence-electron chi connectivity index (χ2n) is 5.07. The second-order valence-corrected chi connectivity index (χ2v) is 5.98. The van der Waals surface area contributed by atoms with Gasteiger partial charge in [0.25, 0.3) is 0 Å². The van der Waals surface area contributed by atoms with Gasteiger partial charge in [0, 0.05) is 24.9 Å². The predicted molar refractivity (Wildman–Crippen MR) is 73.3 cm³/mol. The van der Waals surface area contributed by atoms with E-state index >= 15 is 0 Å². The summed E-state index contributed by atoms with van der Waals surface area (Å²) in [6.07, 6.45) is -2.97. The number of carbonyl (C=O) groups excluding carboxylic acids is 1. The highest BCUT2D eigenvalue weighted by Gasteiger charge is 2.64. The summed E-state index contributed by atoms with van der Waals surface area (Å²) in [4.78, 5) is 23.9. The Balaban J connectivity index is 2.76. The van der Waals surface area contributed by atoms with Gasteiger partial charge in [-0.2, -0.15) is 24.9 Å². The van der Waals surface area contributed by atoms with E-state index in [9.17, 15) is 22.8 Å². The number of rotatable bonds is 5. The molecule has 21 heavy (non-hydrogen) atoms. The van der Waals surface area contributed by atoms with E-state index in [1.54, 1.807) is 0 Å². The van der Waals surface area contributed by atoms with E-state index in [0.717, 1.165) is 4.90 Å². The number of aliphatic carboxylic acids is 1. The van der Waals surface area contributed by atoms with Gasteiger partial charge in [0.05, 0.1) is 0 Å². The molecule has 1 heterocycles. The van der Waals surface area contributed by atoms with E-state index in [2.05, 4.69) is 5.32 Å². The molecule has 2 unspecified atom stereocenters. The van der Waals surface area contributed by atoms with Gasteiger partial charge in [0.15, 0.2) is 5.41 Å². The number of nitrogens with zero attached hydrogens (tertiary/aromatic N) is 1. The number of thioether (sulfide) groups is 1. The zero-order chi connectivity index (χ0) is 16.3. The van der Waals surface area contributed by atoms with Crippen LogP contribution in [0.25, 0.3) is 0 Å². The number of carboxylic acids is 1. The summed E-state index contributed by atoms with van der Waals surface area (Å²) in [7, 11) is 0. The maximum Gasteiger partial charge on any atom is 0.406 e. The largest absolute Gasteiger partial charge is 0.481 e. The van der Waals surface area contributed by atoms with Crippen molar-refractivity contribution in [2.75, 3.05) is 25.1 Å². The highest BCUT2D eigenvalue weighted by atomic mass is 32.2. The summed E-state index contributed by atoms with van der Waals surface area (Å²) in [5, 5.41) is 11.6. The van der Waals surface area contributed by atoms with Gasteiger partial charge >= 0.3 is 18.2 Å². The van der Waals surface area contributed by atoms with Crippen molar-refractivity contribution in [2.24, 2.45) is 5.41 Å². The average molecular weight is 328 g/mol. The summed E-state index contributed by atoms with van der Waals surface area (Å²) >= 11 is 1.52. The number of likely N-dealkylation sites (tertiary alicyclic amines) is 1. The van der Waals surface area contributed by atoms with E-state index < -0.39 is 36.6 Å². The van der Waals surface area contributed by atoms with E-state index in [-0.39, 0.29) is 12.6 Å². The van der Waals surface area contributed by atoms with E-state index in [1.807, 2.05) is 13.2 Å². The third-order valence-corrected chi connectivity index (χ3v) is 4.43. The molecule has 122 valence electrons. The molecule has 0 aromatic heterocycles. The zero-order valence-corrected chi connectivity index (χ0v) is 12.7. The van der Waals surface area contributed by atoms with Crippen LogP contribution in [0.5, 0.6) is 0 Å². The van der Waals surface area contributed by atoms with Gasteiger partial charge in [-0.15, -0.1) is 0 Å². The maximum atomic E-state index is 13.0. The summed E-state index contributed by atoms with van der Waals surface area (Å²) < 4.78 is 39.0. The molecule has 1 saturated heterocycles. The Kier molecular flexibility index (Phi) is 5.77. The molecule has 1 fully saturated rings. The van der Waals surface area contributed by atoms with E-state index in [0.29, 0.717) is 12.2 Å². The van der Waals surface area contributed by atoms with Crippen molar-refractivity contribution in [3.63, 3.8) is 0 Å². The van der Waals surface area contributed by atoms with Gasteiger partial charge < -0.3 is 15.3 Å². The van der Waals surface area contributed by atoms with Gasteiger partial charge in [-0.25, -0.2) is 4.79 Å². The third-order valence-electron chi connectivity index (χ3n) is 3.70. The molecule has 2 atom stereocenters. The van der Waals surface area contributed by atoms with Gasteiger partial charge in [-0.05, 0) is 19.1 Å². The highest BCUT2D eigenvalue weighted by molar-refractivity contribution is 7.98. The second kappa shape index (κ2) is 6.76. The summed E-state index contributed by atoms with van der Waals surface area (Å²) in [6.45, 7) is 0.809. The number of halogens is 3. The van der Waals surface area contributed by atoms with Crippen LogP contribution in [0.1, 0.15) is 19.8 Å². The van der Waals surface area contributed by atoms with Crippen LogP contribution in [0.2, 0.25) is 0 Å². The molecule has 1 rings (SSSR count). The molecule has 5 nitrogen and oxygen atoms in total. The van der Waals surface area contributed by atoms with Crippen LogP contribution in [-0.4, -0.2) is 59.3 Å². The molecule has 0 bridgehead atoms. The SMILES string of the molecule is CCC(CSC)NC(=O)N1CCC(C(=O)O)(C(F)(F)F)C1. The quantitative estimate of drug-likeness (QED) is 0.811. The van der Waals surface area contributed by atoms with Crippen LogP contribution in [-0.2, 0) is 4.79 Å². The van der Waals surface area contributed by atoms with Crippen molar-refractivity contribution in [1.29, 1.82) is 0 Å². The van der Waals surface area contributed by atoms with Crippen molar-refractivity contribution in [3.05, 3.63) is 0 Å². The minimum absolute atomic E-state index is 0.141. The average Bonchev–Trinajstić information content (AvgIpc) is 2.84. The number of amides is 2. The number of nitrogens with one attached hydrogen (secondary N) is 1. The molecule has 1 aliphatic rings. The Bertz CT molecular complexity index is 406. The lowest BCUT2D eigenvalue weighted by atomic mass is 9.86. The van der Waals surface area contributed by atoms with Crippen LogP contribution in [0.4, 0.5) is 18.0 Å². The Morgan fingerprint density at radius 3 is 2.48 bits per heavy atom. The lowest BCUT2D eigenvalue weighted by Crippen LogP contribution is -2.50. The minimum Gasteiger partial charge on any atom is -0.481 e. The molecule has 0 radical (unpaired) electrons. The van der Waals surface area contributed by atoms with Crippen LogP contribution < -0.4 is 5.32 Å². The topological polar surface area (TPSA) is 69.6 Å². The zero-order valence-electron chi connectivity index (χ0n) is 11.9. The van der Waals surface area contributed by atoms with Gasteiger partial charge in [0.1, 0.15) is 0 Å². The van der Waals surface area contributed by atoms with Crippen LogP contribution >= 0.6 is 11.8 Å². The fourth-order valence-electron chi connectivity index (χ4n) is 2.24. The Labute approximate surface area is 125 Å². The standard InChI is InChI=1S/C12H19F3N2O3S/c1-3-8(6-21-2)16-10(20)17-5-4-11(7-17,9(18)19)12(13,14)15/h8H,3-7H2,1-2H3,(H,16,20)(H,18,19). The van der Waals surface area contributed by atoms with Gasteiger partial charge in [0.2, 0.25) is 0 Å². The number of urea groups is 1. The molecule has 0 saturated carbocycles. The fourth-order valence-corrected chi connectivity index (χ4v) is 2.96. The molecule has 2 N–H and O–H groups in total. The van der Waals surface area contributed by atoms with Crippen LogP contribution in [0.3, 0.4) is 0 Å². The van der Waals surface area contributed by atoms with Crippen LogP contribution in [0, 0.1) is 5.41 Å². The normalized spacial score (nSPS) is 24.0. The molecular formula is C12H19F3N2O3S. The number of hydrogen-bond donors (Lipinski definition) is 2. The first-order chi connectivity index (χ1) is 9.67. The van der Waals surface area contributed by atoms with Crippen molar-refractivity contribution < 1.29 is 27.9 Å². The van der Waals surface area contributed by atoms with Crippen LogP contribution in [0.15, 0.2) is 0 Å². The van der Waals surface area contributed by atoms with E-state index in [1.165, 1.54) is 11.8 Å². The third kappa shape index (κ3) is 3.75. The van der Waals surface area contributed by atoms with Gasteiger partial charge in [-0.1, -0.05) is 6.92 Å². The molecule has 0 aromatic carbocycles. The lowest BCUT2D eigenvalue weighted by Gasteiger charge is -2.28. The first-order valence-corrected chi connectivity index (χ1v) is 7.92. The lowest BCUT2D eigenvalue weighted by molar-refractivity contribution is -0.226. The minimum atomic E-state index is -4.88. The van der Waals surface area contributed by atoms with Gasteiger partial charge in [-0.3, -0.25) is 4.79 Å².